The lowest BCUT2D eigenvalue weighted by molar-refractivity contribution is 0.0938. The Morgan fingerprint density at radius 1 is 1.26 bits per heavy atom. The van der Waals surface area contributed by atoms with Crippen LogP contribution >= 0.6 is 0 Å². The zero-order valence-corrected chi connectivity index (χ0v) is 12.9. The first-order valence-electron chi connectivity index (χ1n) is 7.65. The van der Waals surface area contributed by atoms with Crippen molar-refractivity contribution in [1.29, 1.82) is 0 Å². The Labute approximate surface area is 133 Å². The van der Waals surface area contributed by atoms with Crippen molar-refractivity contribution >= 4 is 5.91 Å². The molecule has 5 nitrogen and oxygen atoms in total. The molecule has 1 heterocycles. The first kappa shape index (κ1) is 15.4. The number of carbonyl (C=O) groups excluding carboxylic acids is 1. The van der Waals surface area contributed by atoms with Gasteiger partial charge in [0.2, 0.25) is 5.82 Å². The van der Waals surface area contributed by atoms with E-state index in [0.29, 0.717) is 17.0 Å². The number of halogens is 1. The first-order chi connectivity index (χ1) is 11.2. The molecule has 1 aromatic heterocycles. The summed E-state index contributed by atoms with van der Waals surface area (Å²) in [5.74, 6) is -0.422. The predicted molar refractivity (Wildman–Crippen MR) is 83.7 cm³/mol. The Hall–Kier alpha value is -2.50. The minimum absolute atomic E-state index is 0.0685. The third-order valence-corrected chi connectivity index (χ3v) is 4.00. The largest absolute Gasteiger partial charge is 0.479 e. The minimum Gasteiger partial charge on any atom is -0.479 e. The van der Waals surface area contributed by atoms with Crippen LogP contribution in [0, 0.1) is 5.82 Å². The minimum atomic E-state index is -0.608. The van der Waals surface area contributed by atoms with Gasteiger partial charge < -0.3 is 10.1 Å². The highest BCUT2D eigenvalue weighted by Crippen LogP contribution is 2.21. The molecule has 1 N–H and O–H groups in total. The van der Waals surface area contributed by atoms with Gasteiger partial charge in [-0.2, -0.15) is 9.37 Å². The number of carbonyl (C=O) groups is 1. The summed E-state index contributed by atoms with van der Waals surface area (Å²) in [6.45, 7) is 0. The van der Waals surface area contributed by atoms with Gasteiger partial charge in [0.1, 0.15) is 0 Å². The molecule has 0 aliphatic heterocycles. The van der Waals surface area contributed by atoms with Crippen LogP contribution in [0.4, 0.5) is 4.39 Å². The SMILES string of the molecule is COc1nc(-c2ccc(C(=O)NC3CCCC3)cc2)ncc1F. The first-order valence-corrected chi connectivity index (χ1v) is 7.65. The standard InChI is InChI=1S/C17H18FN3O2/c1-23-17-14(18)10-19-15(21-17)11-6-8-12(9-7-11)16(22)20-13-4-2-3-5-13/h6-10,13H,2-5H2,1H3,(H,20,22). The highest BCUT2D eigenvalue weighted by atomic mass is 19.1. The second-order valence-electron chi connectivity index (χ2n) is 5.58. The molecule has 1 aromatic carbocycles. The maximum absolute atomic E-state index is 13.3. The number of nitrogens with zero attached hydrogens (tertiary/aromatic N) is 2. The van der Waals surface area contributed by atoms with Crippen molar-refractivity contribution in [2.75, 3.05) is 7.11 Å². The Morgan fingerprint density at radius 3 is 2.61 bits per heavy atom. The van der Waals surface area contributed by atoms with Crippen LogP contribution in [0.2, 0.25) is 0 Å². The normalized spacial score (nSPS) is 14.7. The molecule has 3 rings (SSSR count). The Kier molecular flexibility index (Phi) is 4.50. The summed E-state index contributed by atoms with van der Waals surface area (Å²) in [6.07, 6.45) is 5.52. The zero-order valence-electron chi connectivity index (χ0n) is 12.9. The van der Waals surface area contributed by atoms with E-state index in [1.165, 1.54) is 20.0 Å². The molecule has 1 saturated carbocycles. The summed E-state index contributed by atoms with van der Waals surface area (Å²) in [6, 6.07) is 7.22. The second-order valence-corrected chi connectivity index (χ2v) is 5.58. The van der Waals surface area contributed by atoms with Gasteiger partial charge in [-0.25, -0.2) is 4.98 Å². The molecule has 0 atom stereocenters. The van der Waals surface area contributed by atoms with Gasteiger partial charge in [0.05, 0.1) is 13.3 Å². The van der Waals surface area contributed by atoms with Crippen molar-refractivity contribution in [3.8, 4) is 17.3 Å². The van der Waals surface area contributed by atoms with Gasteiger partial charge in [0.15, 0.2) is 5.82 Å². The van der Waals surface area contributed by atoms with Crippen LogP contribution in [-0.2, 0) is 0 Å². The number of aromatic nitrogens is 2. The number of hydrogen-bond acceptors (Lipinski definition) is 4. The number of rotatable bonds is 4. The van der Waals surface area contributed by atoms with Crippen LogP contribution in [0.15, 0.2) is 30.5 Å². The molecule has 2 aromatic rings. The third-order valence-electron chi connectivity index (χ3n) is 4.00. The number of methoxy groups -OCH3 is 1. The summed E-state index contributed by atoms with van der Waals surface area (Å²) < 4.78 is 18.2. The average Bonchev–Trinajstić information content (AvgIpc) is 3.08. The van der Waals surface area contributed by atoms with E-state index >= 15 is 0 Å². The molecular weight excluding hydrogens is 297 g/mol. The van der Waals surface area contributed by atoms with E-state index in [2.05, 4.69) is 15.3 Å². The highest BCUT2D eigenvalue weighted by molar-refractivity contribution is 5.94. The number of nitrogens with one attached hydrogen (secondary N) is 1. The van der Waals surface area contributed by atoms with Crippen LogP contribution in [0.5, 0.6) is 5.88 Å². The fourth-order valence-electron chi connectivity index (χ4n) is 2.74. The van der Waals surface area contributed by atoms with Gasteiger partial charge >= 0.3 is 0 Å². The number of amides is 1. The molecule has 6 heteroatoms. The highest BCUT2D eigenvalue weighted by Gasteiger charge is 2.18. The van der Waals surface area contributed by atoms with Crippen molar-refractivity contribution in [3.05, 3.63) is 41.8 Å². The van der Waals surface area contributed by atoms with Crippen molar-refractivity contribution < 1.29 is 13.9 Å². The van der Waals surface area contributed by atoms with Gasteiger partial charge in [-0.3, -0.25) is 4.79 Å². The van der Waals surface area contributed by atoms with Crippen LogP contribution in [-0.4, -0.2) is 29.0 Å². The average molecular weight is 315 g/mol. The number of hydrogen-bond donors (Lipinski definition) is 1. The monoisotopic (exact) mass is 315 g/mol. The quantitative estimate of drug-likeness (QED) is 0.942. The maximum atomic E-state index is 13.3. The zero-order chi connectivity index (χ0) is 16.2. The molecule has 0 saturated heterocycles. The summed E-state index contributed by atoms with van der Waals surface area (Å²) >= 11 is 0. The molecule has 120 valence electrons. The van der Waals surface area contributed by atoms with Gasteiger partial charge in [-0.05, 0) is 25.0 Å². The number of ether oxygens (including phenoxy) is 1. The molecule has 1 aliphatic carbocycles. The van der Waals surface area contributed by atoms with Crippen LogP contribution < -0.4 is 10.1 Å². The van der Waals surface area contributed by atoms with Crippen molar-refractivity contribution in [2.24, 2.45) is 0 Å². The fraction of sp³-hybridized carbons (Fsp3) is 0.353. The van der Waals surface area contributed by atoms with Crippen LogP contribution in [0.25, 0.3) is 11.4 Å². The molecule has 1 amide bonds. The lowest BCUT2D eigenvalue weighted by Gasteiger charge is -2.12. The van der Waals surface area contributed by atoms with Crippen molar-refractivity contribution in [2.45, 2.75) is 31.7 Å². The molecule has 1 aliphatic rings. The molecule has 0 bridgehead atoms. The van der Waals surface area contributed by atoms with Gasteiger partial charge in [-0.15, -0.1) is 0 Å². The van der Waals surface area contributed by atoms with Crippen molar-refractivity contribution in [3.63, 3.8) is 0 Å². The topological polar surface area (TPSA) is 64.1 Å². The molecular formula is C17H18FN3O2. The van der Waals surface area contributed by atoms with Gasteiger partial charge in [-0.1, -0.05) is 25.0 Å². The molecule has 23 heavy (non-hydrogen) atoms. The van der Waals surface area contributed by atoms with E-state index in [4.69, 9.17) is 4.74 Å². The Bertz CT molecular complexity index is 697. The molecule has 1 fully saturated rings. The molecule has 0 radical (unpaired) electrons. The molecule has 0 spiro atoms. The second kappa shape index (κ2) is 6.73. The van der Waals surface area contributed by atoms with E-state index in [0.717, 1.165) is 19.0 Å². The van der Waals surface area contributed by atoms with E-state index in [1.54, 1.807) is 24.3 Å². The smallest absolute Gasteiger partial charge is 0.253 e. The summed E-state index contributed by atoms with van der Waals surface area (Å²) in [5.41, 5.74) is 1.29. The predicted octanol–water partition coefficient (Wildman–Crippen LogP) is 2.96. The Balaban J connectivity index is 1.75. The van der Waals surface area contributed by atoms with E-state index in [9.17, 15) is 9.18 Å². The fourth-order valence-corrected chi connectivity index (χ4v) is 2.74. The van der Waals surface area contributed by atoms with Gasteiger partial charge in [0.25, 0.3) is 11.8 Å². The van der Waals surface area contributed by atoms with Crippen LogP contribution in [0.1, 0.15) is 36.0 Å². The van der Waals surface area contributed by atoms with E-state index < -0.39 is 5.82 Å². The number of benzene rings is 1. The Morgan fingerprint density at radius 2 is 1.96 bits per heavy atom. The molecule has 0 unspecified atom stereocenters. The van der Waals surface area contributed by atoms with Gasteiger partial charge in [0, 0.05) is 17.2 Å². The van der Waals surface area contributed by atoms with E-state index in [1.807, 2.05) is 0 Å². The lowest BCUT2D eigenvalue weighted by atomic mass is 10.1. The van der Waals surface area contributed by atoms with Crippen molar-refractivity contribution in [1.82, 2.24) is 15.3 Å². The lowest BCUT2D eigenvalue weighted by Crippen LogP contribution is -2.32. The maximum Gasteiger partial charge on any atom is 0.253 e. The summed E-state index contributed by atoms with van der Waals surface area (Å²) in [4.78, 5) is 20.1. The summed E-state index contributed by atoms with van der Waals surface area (Å²) in [5, 5.41) is 3.04. The third kappa shape index (κ3) is 3.47. The van der Waals surface area contributed by atoms with Crippen LogP contribution in [0.3, 0.4) is 0 Å². The summed E-state index contributed by atoms with van der Waals surface area (Å²) in [7, 11) is 1.35. The van der Waals surface area contributed by atoms with E-state index in [-0.39, 0.29) is 17.8 Å².